The minimum absolute atomic E-state index is 0.0179. The van der Waals surface area contributed by atoms with Crippen molar-refractivity contribution in [3.63, 3.8) is 0 Å². The van der Waals surface area contributed by atoms with Gasteiger partial charge in [-0.25, -0.2) is 28.9 Å². The molecule has 2 fully saturated rings. The Hall–Kier alpha value is -4.13. The summed E-state index contributed by atoms with van der Waals surface area (Å²) >= 11 is 0. The summed E-state index contributed by atoms with van der Waals surface area (Å²) in [5, 5.41) is 14.7. The van der Waals surface area contributed by atoms with E-state index >= 15 is 0 Å². The van der Waals surface area contributed by atoms with Crippen LogP contribution >= 0.6 is 15.6 Å². The van der Waals surface area contributed by atoms with Crippen molar-refractivity contribution in [3.05, 3.63) is 45.8 Å². The third kappa shape index (κ3) is 9.45. The van der Waals surface area contributed by atoms with Gasteiger partial charge in [0.05, 0.1) is 19.5 Å². The Morgan fingerprint density at radius 2 is 1.88 bits per heavy atom. The van der Waals surface area contributed by atoms with Crippen molar-refractivity contribution in [1.82, 2.24) is 29.1 Å². The van der Waals surface area contributed by atoms with Gasteiger partial charge in [-0.1, -0.05) is 5.11 Å². The summed E-state index contributed by atoms with van der Waals surface area (Å²) < 4.78 is 59.0. The Morgan fingerprint density at radius 1 is 1.13 bits per heavy atom. The zero-order valence-electron chi connectivity index (χ0n) is 26.7. The maximum atomic E-state index is 13.3. The number of rotatable bonds is 16. The van der Waals surface area contributed by atoms with Crippen molar-refractivity contribution in [2.45, 2.75) is 68.3 Å². The second-order valence-corrected chi connectivity index (χ2v) is 14.0. The largest absolute Gasteiger partial charge is 0.472 e. The van der Waals surface area contributed by atoms with Crippen molar-refractivity contribution in [1.29, 1.82) is 0 Å². The van der Waals surface area contributed by atoms with Gasteiger partial charge in [0, 0.05) is 24.1 Å². The summed E-state index contributed by atoms with van der Waals surface area (Å²) in [5.41, 5.74) is 25.2. The summed E-state index contributed by atoms with van der Waals surface area (Å²) in [5.74, 6) is -1.07. The van der Waals surface area contributed by atoms with Gasteiger partial charge in [-0.05, 0) is 24.4 Å². The molecule has 10 N–H and O–H groups in total. The number of esters is 1. The van der Waals surface area contributed by atoms with Gasteiger partial charge in [0.2, 0.25) is 0 Å². The molecule has 9 atom stereocenters. The summed E-state index contributed by atoms with van der Waals surface area (Å²) in [6.07, 6.45) is -6.58. The molecule has 284 valence electrons. The highest BCUT2D eigenvalue weighted by atomic mass is 31.2. The van der Waals surface area contributed by atoms with E-state index in [0.29, 0.717) is 0 Å². The summed E-state index contributed by atoms with van der Waals surface area (Å²) in [6, 6.07) is 0.0548. The molecule has 0 radical (unpaired) electrons. The van der Waals surface area contributed by atoms with Crippen molar-refractivity contribution in [2.75, 3.05) is 31.2 Å². The van der Waals surface area contributed by atoms with Crippen molar-refractivity contribution >= 4 is 44.4 Å². The molecule has 5 rings (SSSR count). The highest BCUT2D eigenvalue weighted by Crippen LogP contribution is 2.50. The van der Waals surface area contributed by atoms with Crippen LogP contribution in [0.2, 0.25) is 0 Å². The first-order valence-corrected chi connectivity index (χ1v) is 18.2. The number of nitrogens with zero attached hydrogens (tertiary/aromatic N) is 9. The number of nitrogen functional groups attached to an aromatic ring is 2. The molecule has 0 spiro atoms. The maximum absolute atomic E-state index is 13.3. The fourth-order valence-electron chi connectivity index (χ4n) is 5.37. The van der Waals surface area contributed by atoms with Crippen LogP contribution in [0.3, 0.4) is 0 Å². The highest BCUT2D eigenvalue weighted by molar-refractivity contribution is 7.47. The Bertz CT molecular complexity index is 1960. The third-order valence-corrected chi connectivity index (χ3v) is 9.28. The van der Waals surface area contributed by atoms with Crippen LogP contribution in [-0.4, -0.2) is 111 Å². The van der Waals surface area contributed by atoms with Crippen LogP contribution in [-0.2, 0) is 41.7 Å². The molecule has 2 aliphatic heterocycles. The van der Waals surface area contributed by atoms with Crippen LogP contribution in [0.1, 0.15) is 31.7 Å². The van der Waals surface area contributed by atoms with Crippen LogP contribution in [0.5, 0.6) is 0 Å². The van der Waals surface area contributed by atoms with Crippen LogP contribution in [0.15, 0.2) is 34.8 Å². The van der Waals surface area contributed by atoms with Gasteiger partial charge >= 0.3 is 27.3 Å². The number of anilines is 2. The van der Waals surface area contributed by atoms with Crippen molar-refractivity contribution in [2.24, 2.45) is 10.8 Å². The highest BCUT2D eigenvalue weighted by Gasteiger charge is 2.50. The van der Waals surface area contributed by atoms with E-state index < -0.39 is 89.5 Å². The lowest BCUT2D eigenvalue weighted by molar-refractivity contribution is -0.158. The number of fused-ring (bicyclic) bond motifs is 1. The second-order valence-electron chi connectivity index (χ2n) is 11.3. The third-order valence-electron chi connectivity index (χ3n) is 7.78. The summed E-state index contributed by atoms with van der Waals surface area (Å²) in [7, 11) is -10.2. The summed E-state index contributed by atoms with van der Waals surface area (Å²) in [4.78, 5) is 72.8. The standard InChI is InChI=1S/C24H34N12O14P2/c25-11(2-1-4-32-34-28)23(38)49-19-14(48-22(18(19)37)36-10-31-17-20(27)29-9-30-21(17)36)8-46-52(43,44)50-12-6-16(35-5-3-15(26)33-24(35)39)47-13(12)7-45-51(40,41)42/h3,5,9-14,16,18-19,22,37H,1-2,4,6-8,25H2,(H,43,44)(H2,26,33,39)(H2,27,29,30)(H2,40,41,42)/t11-,12+,13-,14+,16-,18-,19-,22-/m1/s1. The first-order chi connectivity index (χ1) is 24.6. The molecule has 0 bridgehead atoms. The molecule has 0 saturated carbocycles. The molecule has 0 amide bonds. The molecule has 5 heterocycles. The number of ether oxygens (including phenoxy) is 3. The number of hydrogen-bond donors (Lipinski definition) is 7. The second kappa shape index (κ2) is 16.3. The zero-order valence-corrected chi connectivity index (χ0v) is 28.5. The van der Waals surface area contributed by atoms with Crippen LogP contribution in [0, 0.1) is 0 Å². The molecule has 28 heteroatoms. The fourth-order valence-corrected chi connectivity index (χ4v) is 6.67. The van der Waals surface area contributed by atoms with E-state index in [2.05, 4.69) is 34.5 Å². The molecular weight excluding hydrogens is 742 g/mol. The number of azide groups is 1. The van der Waals surface area contributed by atoms with Crippen LogP contribution < -0.4 is 22.9 Å². The quantitative estimate of drug-likeness (QED) is 0.0223. The number of nitrogens with two attached hydrogens (primary N) is 3. The smallest absolute Gasteiger partial charge is 0.455 e. The SMILES string of the molecule is [N-]=[N+]=NCCC[C@@H](N)C(=O)O[C@H]1[C@@H](O)[C@H](n2cnc3c(N)ncnc32)O[C@H]1COP(=O)(O)O[C@H]1C[C@H](n2ccc(N)nc2=O)O[C@@H]1COP(=O)(O)O. The average Bonchev–Trinajstić information content (AvgIpc) is 3.76. The Kier molecular flexibility index (Phi) is 12.2. The number of aromatic nitrogens is 6. The maximum Gasteiger partial charge on any atom is 0.472 e. The van der Waals surface area contributed by atoms with E-state index in [9.17, 15) is 38.5 Å². The Labute approximate surface area is 291 Å². The van der Waals surface area contributed by atoms with Gasteiger partial charge in [-0.3, -0.25) is 27.5 Å². The molecule has 0 aliphatic carbocycles. The van der Waals surface area contributed by atoms with Gasteiger partial charge in [-0.15, -0.1) is 0 Å². The first-order valence-electron chi connectivity index (χ1n) is 15.2. The number of carbonyl (C=O) groups excluding carboxylic acids is 1. The lowest BCUT2D eigenvalue weighted by atomic mass is 10.1. The van der Waals surface area contributed by atoms with Gasteiger partial charge in [0.1, 0.15) is 54.3 Å². The molecule has 26 nitrogen and oxygen atoms in total. The predicted molar refractivity (Wildman–Crippen MR) is 171 cm³/mol. The van der Waals surface area contributed by atoms with Gasteiger partial charge in [0.15, 0.2) is 23.8 Å². The molecule has 2 aliphatic rings. The number of hydrogen-bond acceptors (Lipinski definition) is 19. The molecule has 52 heavy (non-hydrogen) atoms. The van der Waals surface area contributed by atoms with E-state index in [1.807, 2.05) is 0 Å². The molecule has 2 saturated heterocycles. The zero-order chi connectivity index (χ0) is 37.8. The fraction of sp³-hybridized carbons (Fsp3) is 0.583. The topological polar surface area (TPSA) is 393 Å². The molecule has 0 aromatic carbocycles. The number of phosphoric acid groups is 2. The average molecular weight is 777 g/mol. The van der Waals surface area contributed by atoms with Crippen LogP contribution in [0.25, 0.3) is 21.6 Å². The Balaban J connectivity index is 1.33. The monoisotopic (exact) mass is 776 g/mol. The molecule has 1 unspecified atom stereocenters. The lowest BCUT2D eigenvalue weighted by Crippen LogP contribution is -2.43. The lowest BCUT2D eigenvalue weighted by Gasteiger charge is -2.24. The number of aliphatic hydroxyl groups excluding tert-OH is 1. The Morgan fingerprint density at radius 3 is 2.60 bits per heavy atom. The van der Waals surface area contributed by atoms with Crippen LogP contribution in [0.4, 0.5) is 11.6 Å². The van der Waals surface area contributed by atoms with E-state index in [1.54, 1.807) is 0 Å². The van der Waals surface area contributed by atoms with Crippen molar-refractivity contribution in [3.8, 4) is 0 Å². The van der Waals surface area contributed by atoms with Crippen molar-refractivity contribution < 1.29 is 61.5 Å². The predicted octanol–water partition coefficient (Wildman–Crippen LogP) is -1.27. The van der Waals surface area contributed by atoms with Gasteiger partial charge in [-0.2, -0.15) is 4.98 Å². The van der Waals surface area contributed by atoms with E-state index in [1.165, 1.54) is 23.2 Å². The van der Waals surface area contributed by atoms with E-state index in [-0.39, 0.29) is 48.6 Å². The molecule has 3 aromatic heterocycles. The summed E-state index contributed by atoms with van der Waals surface area (Å²) in [6.45, 7) is -1.63. The van der Waals surface area contributed by atoms with Gasteiger partial charge in [0.25, 0.3) is 0 Å². The van der Waals surface area contributed by atoms with E-state index in [0.717, 1.165) is 10.9 Å². The minimum Gasteiger partial charge on any atom is -0.455 e. The van der Waals surface area contributed by atoms with E-state index in [4.69, 9.17) is 46.0 Å². The molecule has 3 aromatic rings. The number of phosphoric ester groups is 2. The number of carbonyl (C=O) groups is 1. The van der Waals surface area contributed by atoms with Gasteiger partial charge < -0.3 is 51.2 Å². The molecular formula is C24H34N12O14P2. The number of aliphatic hydroxyl groups is 1. The first kappa shape index (κ1) is 39.1. The number of imidazole rings is 1. The normalized spacial score (nSPS) is 26.5. The minimum atomic E-state index is -5.16.